The fourth-order valence-corrected chi connectivity index (χ4v) is 3.62. The maximum absolute atomic E-state index is 12.2. The number of hydrogen-bond donors (Lipinski definition) is 2. The van der Waals surface area contributed by atoms with Crippen LogP contribution in [0, 0.1) is 17.0 Å². The van der Waals surface area contributed by atoms with Crippen LogP contribution in [0.25, 0.3) is 0 Å². The molecule has 0 radical (unpaired) electrons. The third kappa shape index (κ3) is 4.04. The van der Waals surface area contributed by atoms with Gasteiger partial charge in [-0.2, -0.15) is 0 Å². The molecule has 1 saturated heterocycles. The van der Waals surface area contributed by atoms with E-state index in [0.717, 1.165) is 12.6 Å². The first kappa shape index (κ1) is 18.1. The number of halogens is 2. The molecule has 1 unspecified atom stereocenters. The van der Waals surface area contributed by atoms with Gasteiger partial charge in [-0.1, -0.05) is 11.6 Å². The molecule has 1 fully saturated rings. The van der Waals surface area contributed by atoms with Gasteiger partial charge >= 0.3 is 0 Å². The van der Waals surface area contributed by atoms with Crippen LogP contribution in [0.3, 0.4) is 0 Å². The van der Waals surface area contributed by atoms with Crippen molar-refractivity contribution >= 4 is 39.7 Å². The summed E-state index contributed by atoms with van der Waals surface area (Å²) in [6.07, 6.45) is 0.681. The average Bonchev–Trinajstić information content (AvgIpc) is 2.83. The summed E-state index contributed by atoms with van der Waals surface area (Å²) < 4.78 is 26.9. The van der Waals surface area contributed by atoms with Crippen molar-refractivity contribution in [2.45, 2.75) is 24.3 Å². The van der Waals surface area contributed by atoms with E-state index in [0.29, 0.717) is 13.0 Å². The zero-order chi connectivity index (χ0) is 14.9. The molecular formula is C11H15Cl2N3O4S. The van der Waals surface area contributed by atoms with Crippen LogP contribution in [-0.2, 0) is 10.0 Å². The number of nitrogens with zero attached hydrogens (tertiary/aromatic N) is 1. The molecule has 1 aromatic rings. The highest BCUT2D eigenvalue weighted by Crippen LogP contribution is 2.29. The molecule has 0 saturated carbocycles. The van der Waals surface area contributed by atoms with E-state index in [4.69, 9.17) is 11.6 Å². The SMILES string of the molecule is Cc1c(Cl)cc(S(=O)(=O)NC2CCNC2)cc1[N+](=O)[O-].Cl. The number of sulfonamides is 1. The third-order valence-corrected chi connectivity index (χ3v) is 5.07. The Bertz CT molecular complexity index is 645. The molecule has 0 bridgehead atoms. The molecule has 1 atom stereocenters. The normalized spacial score (nSPS) is 18.3. The van der Waals surface area contributed by atoms with Gasteiger partial charge in [0.2, 0.25) is 10.0 Å². The molecule has 21 heavy (non-hydrogen) atoms. The van der Waals surface area contributed by atoms with Crippen molar-refractivity contribution in [3.63, 3.8) is 0 Å². The van der Waals surface area contributed by atoms with Crippen LogP contribution < -0.4 is 10.0 Å². The zero-order valence-electron chi connectivity index (χ0n) is 11.1. The Morgan fingerprint density at radius 2 is 2.14 bits per heavy atom. The smallest absolute Gasteiger partial charge is 0.275 e. The van der Waals surface area contributed by atoms with Crippen LogP contribution >= 0.6 is 24.0 Å². The van der Waals surface area contributed by atoms with E-state index in [1.807, 2.05) is 0 Å². The molecule has 1 aliphatic rings. The summed E-state index contributed by atoms with van der Waals surface area (Å²) in [6.45, 7) is 2.76. The maximum atomic E-state index is 12.2. The lowest BCUT2D eigenvalue weighted by Crippen LogP contribution is -2.36. The number of nitrogens with one attached hydrogen (secondary N) is 2. The number of nitro groups is 1. The molecule has 2 N–H and O–H groups in total. The van der Waals surface area contributed by atoms with Gasteiger partial charge in [-0.25, -0.2) is 13.1 Å². The predicted octanol–water partition coefficient (Wildman–Crippen LogP) is 1.62. The molecule has 0 spiro atoms. The topological polar surface area (TPSA) is 101 Å². The molecule has 118 valence electrons. The minimum atomic E-state index is -3.82. The molecule has 1 aliphatic heterocycles. The second-order valence-electron chi connectivity index (χ2n) is 4.62. The van der Waals surface area contributed by atoms with E-state index in [9.17, 15) is 18.5 Å². The minimum absolute atomic E-state index is 0. The Hall–Kier alpha value is -0.930. The van der Waals surface area contributed by atoms with Crippen LogP contribution in [0.2, 0.25) is 5.02 Å². The summed E-state index contributed by atoms with van der Waals surface area (Å²) in [5, 5.41) is 14.0. The van der Waals surface area contributed by atoms with Crippen LogP contribution in [0.5, 0.6) is 0 Å². The van der Waals surface area contributed by atoms with Crippen LogP contribution in [0.15, 0.2) is 17.0 Å². The van der Waals surface area contributed by atoms with Crippen molar-refractivity contribution in [2.75, 3.05) is 13.1 Å². The van der Waals surface area contributed by atoms with Crippen molar-refractivity contribution in [3.05, 3.63) is 32.8 Å². The first-order chi connectivity index (χ1) is 9.31. The van der Waals surface area contributed by atoms with Crippen molar-refractivity contribution < 1.29 is 13.3 Å². The average molecular weight is 356 g/mol. The second kappa shape index (κ2) is 6.89. The largest absolute Gasteiger partial charge is 0.315 e. The molecule has 10 heteroatoms. The summed E-state index contributed by atoms with van der Waals surface area (Å²) in [5.74, 6) is 0. The Balaban J connectivity index is 0.00000220. The van der Waals surface area contributed by atoms with Crippen molar-refractivity contribution in [3.8, 4) is 0 Å². The van der Waals surface area contributed by atoms with E-state index < -0.39 is 14.9 Å². The standard InChI is InChI=1S/C11H14ClN3O4S.ClH/c1-7-10(12)4-9(5-11(7)15(16)17)20(18,19)14-8-2-3-13-6-8;/h4-5,8,13-14H,2-3,6H2,1H3;1H. The summed E-state index contributed by atoms with van der Waals surface area (Å²) in [6, 6.07) is 2.06. The number of hydrogen-bond acceptors (Lipinski definition) is 5. The van der Waals surface area contributed by atoms with Gasteiger partial charge < -0.3 is 5.32 Å². The molecule has 1 heterocycles. The van der Waals surface area contributed by atoms with Gasteiger partial charge in [0.05, 0.1) is 14.8 Å². The fraction of sp³-hybridized carbons (Fsp3) is 0.455. The van der Waals surface area contributed by atoms with Crippen molar-refractivity contribution in [1.82, 2.24) is 10.0 Å². The number of rotatable bonds is 4. The Morgan fingerprint density at radius 1 is 1.48 bits per heavy atom. The van der Waals surface area contributed by atoms with Gasteiger partial charge in [0, 0.05) is 24.2 Å². The van der Waals surface area contributed by atoms with Crippen LogP contribution in [0.4, 0.5) is 5.69 Å². The number of nitro benzene ring substituents is 1. The van der Waals surface area contributed by atoms with Gasteiger partial charge in [-0.3, -0.25) is 10.1 Å². The van der Waals surface area contributed by atoms with Gasteiger partial charge in [-0.05, 0) is 26.0 Å². The first-order valence-corrected chi connectivity index (χ1v) is 7.85. The molecule has 7 nitrogen and oxygen atoms in total. The second-order valence-corrected chi connectivity index (χ2v) is 6.74. The molecule has 2 rings (SSSR count). The van der Waals surface area contributed by atoms with Crippen molar-refractivity contribution in [1.29, 1.82) is 0 Å². The van der Waals surface area contributed by atoms with Gasteiger partial charge in [-0.15, -0.1) is 12.4 Å². The lowest BCUT2D eigenvalue weighted by atomic mass is 10.2. The molecule has 1 aromatic carbocycles. The Labute approximate surface area is 133 Å². The highest BCUT2D eigenvalue weighted by molar-refractivity contribution is 7.89. The fourth-order valence-electron chi connectivity index (χ4n) is 2.03. The monoisotopic (exact) mass is 355 g/mol. The number of benzene rings is 1. The molecule has 0 aliphatic carbocycles. The Morgan fingerprint density at radius 3 is 2.67 bits per heavy atom. The summed E-state index contributed by atoms with van der Waals surface area (Å²) in [7, 11) is -3.82. The first-order valence-electron chi connectivity index (χ1n) is 5.99. The van der Waals surface area contributed by atoms with E-state index in [1.165, 1.54) is 13.0 Å². The van der Waals surface area contributed by atoms with Crippen LogP contribution in [-0.4, -0.2) is 32.5 Å². The van der Waals surface area contributed by atoms with E-state index >= 15 is 0 Å². The highest BCUT2D eigenvalue weighted by atomic mass is 35.5. The minimum Gasteiger partial charge on any atom is -0.315 e. The Kier molecular flexibility index (Phi) is 5.94. The molecular weight excluding hydrogens is 341 g/mol. The summed E-state index contributed by atoms with van der Waals surface area (Å²) in [5.41, 5.74) is -0.0550. The van der Waals surface area contributed by atoms with E-state index in [1.54, 1.807) is 0 Å². The highest BCUT2D eigenvalue weighted by Gasteiger charge is 2.26. The van der Waals surface area contributed by atoms with Gasteiger partial charge in [0.25, 0.3) is 5.69 Å². The third-order valence-electron chi connectivity index (χ3n) is 3.18. The van der Waals surface area contributed by atoms with Crippen molar-refractivity contribution in [2.24, 2.45) is 0 Å². The van der Waals surface area contributed by atoms with Gasteiger partial charge in [0.15, 0.2) is 0 Å². The predicted molar refractivity (Wildman–Crippen MR) is 81.7 cm³/mol. The van der Waals surface area contributed by atoms with E-state index in [2.05, 4.69) is 10.0 Å². The maximum Gasteiger partial charge on any atom is 0.275 e. The summed E-state index contributed by atoms with van der Waals surface area (Å²) >= 11 is 5.88. The van der Waals surface area contributed by atoms with Crippen LogP contribution in [0.1, 0.15) is 12.0 Å². The zero-order valence-corrected chi connectivity index (χ0v) is 13.5. The van der Waals surface area contributed by atoms with Gasteiger partial charge in [0.1, 0.15) is 0 Å². The quantitative estimate of drug-likeness (QED) is 0.631. The molecule has 0 amide bonds. The molecule has 0 aromatic heterocycles. The summed E-state index contributed by atoms with van der Waals surface area (Å²) in [4.78, 5) is 10.1. The lowest BCUT2D eigenvalue weighted by molar-refractivity contribution is -0.385. The lowest BCUT2D eigenvalue weighted by Gasteiger charge is -2.12. The van der Waals surface area contributed by atoms with E-state index in [-0.39, 0.29) is 39.6 Å².